The van der Waals surface area contributed by atoms with Crippen LogP contribution in [0.25, 0.3) is 11.5 Å². The third kappa shape index (κ3) is 5.35. The standard InChI is InChI=1S/C25H25F3N2O4/c1-16-20(29-24(34-16)17-7-9-18(10-8-17)25(26,27)28)12-15-33-22-6-2-5-21-19(22)4-3-13-30(21)14-11-23(31)32/h2,5-10H,3-4,11-15H2,1H3,(H,31,32). The van der Waals surface area contributed by atoms with Gasteiger partial charge >= 0.3 is 12.1 Å². The van der Waals surface area contributed by atoms with Crippen LogP contribution in [-0.2, 0) is 23.8 Å². The molecule has 1 aromatic heterocycles. The van der Waals surface area contributed by atoms with Crippen LogP contribution in [0.4, 0.5) is 18.9 Å². The molecule has 0 fully saturated rings. The topological polar surface area (TPSA) is 75.8 Å². The number of carbonyl (C=O) groups is 1. The minimum Gasteiger partial charge on any atom is -0.493 e. The fraction of sp³-hybridized carbons (Fsp3) is 0.360. The SMILES string of the molecule is Cc1oc(-c2ccc(C(F)(F)F)cc2)nc1CCOc1cccc2c1CCCN2CCC(=O)O. The fourth-order valence-corrected chi connectivity index (χ4v) is 4.11. The largest absolute Gasteiger partial charge is 0.493 e. The molecule has 0 atom stereocenters. The molecular weight excluding hydrogens is 449 g/mol. The second-order valence-electron chi connectivity index (χ2n) is 8.18. The van der Waals surface area contributed by atoms with Gasteiger partial charge in [-0.1, -0.05) is 6.07 Å². The fourth-order valence-electron chi connectivity index (χ4n) is 4.11. The number of anilines is 1. The summed E-state index contributed by atoms with van der Waals surface area (Å²) in [5.74, 6) is 0.806. The first-order valence-electron chi connectivity index (χ1n) is 11.1. The summed E-state index contributed by atoms with van der Waals surface area (Å²) in [4.78, 5) is 17.5. The van der Waals surface area contributed by atoms with E-state index in [0.717, 1.165) is 48.5 Å². The van der Waals surface area contributed by atoms with Crippen LogP contribution in [0.15, 0.2) is 46.9 Å². The van der Waals surface area contributed by atoms with Crippen molar-refractivity contribution < 1.29 is 32.2 Å². The van der Waals surface area contributed by atoms with Crippen molar-refractivity contribution in [3.63, 3.8) is 0 Å². The number of rotatable bonds is 8. The third-order valence-electron chi connectivity index (χ3n) is 5.85. The summed E-state index contributed by atoms with van der Waals surface area (Å²) < 4.78 is 50.1. The second-order valence-corrected chi connectivity index (χ2v) is 8.18. The molecule has 1 N–H and O–H groups in total. The molecule has 0 saturated carbocycles. The maximum Gasteiger partial charge on any atom is 0.416 e. The number of alkyl halides is 3. The van der Waals surface area contributed by atoms with Gasteiger partial charge in [0, 0.05) is 36.3 Å². The van der Waals surface area contributed by atoms with Gasteiger partial charge in [0.2, 0.25) is 5.89 Å². The quantitative estimate of drug-likeness (QED) is 0.464. The number of nitrogens with zero attached hydrogens (tertiary/aromatic N) is 2. The van der Waals surface area contributed by atoms with E-state index in [9.17, 15) is 18.0 Å². The number of halogens is 3. The van der Waals surface area contributed by atoms with E-state index in [1.165, 1.54) is 12.1 Å². The van der Waals surface area contributed by atoms with E-state index in [4.69, 9.17) is 14.3 Å². The highest BCUT2D eigenvalue weighted by Gasteiger charge is 2.30. The number of carboxylic acids is 1. The van der Waals surface area contributed by atoms with Crippen molar-refractivity contribution in [1.82, 2.24) is 4.98 Å². The molecule has 0 spiro atoms. The minimum absolute atomic E-state index is 0.0806. The number of benzene rings is 2. The molecule has 2 aromatic carbocycles. The van der Waals surface area contributed by atoms with Gasteiger partial charge in [-0.3, -0.25) is 4.79 Å². The van der Waals surface area contributed by atoms with Crippen molar-refractivity contribution in [3.8, 4) is 17.2 Å². The van der Waals surface area contributed by atoms with Gasteiger partial charge in [0.1, 0.15) is 11.5 Å². The Morgan fingerprint density at radius 1 is 1.21 bits per heavy atom. The molecule has 0 unspecified atom stereocenters. The molecule has 0 bridgehead atoms. The van der Waals surface area contributed by atoms with Crippen molar-refractivity contribution in [1.29, 1.82) is 0 Å². The molecule has 0 amide bonds. The number of hydrogen-bond donors (Lipinski definition) is 1. The Hall–Kier alpha value is -3.49. The van der Waals surface area contributed by atoms with Crippen LogP contribution in [0.3, 0.4) is 0 Å². The van der Waals surface area contributed by atoms with Gasteiger partial charge < -0.3 is 19.2 Å². The summed E-state index contributed by atoms with van der Waals surface area (Å²) in [5.41, 5.74) is 2.51. The van der Waals surface area contributed by atoms with Crippen LogP contribution in [0.2, 0.25) is 0 Å². The van der Waals surface area contributed by atoms with Crippen molar-refractivity contribution in [2.24, 2.45) is 0 Å². The Balaban J connectivity index is 1.41. The Kier molecular flexibility index (Phi) is 6.81. The number of aliphatic carboxylic acids is 1. The Morgan fingerprint density at radius 2 is 1.97 bits per heavy atom. The summed E-state index contributed by atoms with van der Waals surface area (Å²) in [6, 6.07) is 10.5. The predicted molar refractivity (Wildman–Crippen MR) is 120 cm³/mol. The van der Waals surface area contributed by atoms with Crippen molar-refractivity contribution in [2.45, 2.75) is 38.8 Å². The van der Waals surface area contributed by atoms with Crippen LogP contribution in [0.5, 0.6) is 5.75 Å². The number of aromatic nitrogens is 1. The summed E-state index contributed by atoms with van der Waals surface area (Å²) >= 11 is 0. The van der Waals surface area contributed by atoms with Crippen LogP contribution in [0.1, 0.15) is 35.4 Å². The monoisotopic (exact) mass is 474 g/mol. The number of carboxylic acid groups (broad SMARTS) is 1. The first kappa shape index (κ1) is 23.7. The van der Waals surface area contributed by atoms with Crippen LogP contribution in [-0.4, -0.2) is 35.8 Å². The predicted octanol–water partition coefficient (Wildman–Crippen LogP) is 5.52. The smallest absolute Gasteiger partial charge is 0.416 e. The number of oxazole rings is 1. The summed E-state index contributed by atoms with van der Waals surface area (Å²) in [5, 5.41) is 9.00. The second kappa shape index (κ2) is 9.79. The van der Waals surface area contributed by atoms with E-state index in [1.54, 1.807) is 6.92 Å². The highest BCUT2D eigenvalue weighted by Crippen LogP contribution is 2.35. The van der Waals surface area contributed by atoms with Crippen molar-refractivity contribution in [2.75, 3.05) is 24.6 Å². The van der Waals surface area contributed by atoms with Gasteiger partial charge in [-0.2, -0.15) is 13.2 Å². The molecule has 4 rings (SSSR count). The zero-order valence-corrected chi connectivity index (χ0v) is 18.7. The molecule has 0 saturated heterocycles. The molecular formula is C25H25F3N2O4. The zero-order valence-electron chi connectivity index (χ0n) is 18.7. The average molecular weight is 474 g/mol. The molecule has 180 valence electrons. The summed E-state index contributed by atoms with van der Waals surface area (Å²) in [6.07, 6.45) is -2.06. The van der Waals surface area contributed by atoms with E-state index in [2.05, 4.69) is 9.88 Å². The lowest BCUT2D eigenvalue weighted by atomic mass is 10.0. The molecule has 34 heavy (non-hydrogen) atoms. The maximum atomic E-state index is 12.8. The van der Waals surface area contributed by atoms with Crippen molar-refractivity contribution in [3.05, 3.63) is 65.0 Å². The Labute approximate surface area is 195 Å². The molecule has 2 heterocycles. The lowest BCUT2D eigenvalue weighted by molar-refractivity contribution is -0.138. The lowest BCUT2D eigenvalue weighted by Gasteiger charge is -2.32. The molecule has 0 radical (unpaired) electrons. The molecule has 3 aromatic rings. The van der Waals surface area contributed by atoms with Gasteiger partial charge in [-0.15, -0.1) is 0 Å². The number of fused-ring (bicyclic) bond motifs is 1. The third-order valence-corrected chi connectivity index (χ3v) is 5.85. The minimum atomic E-state index is -4.39. The van der Waals surface area contributed by atoms with Gasteiger partial charge in [-0.05, 0) is 56.2 Å². The normalized spacial score (nSPS) is 13.6. The molecule has 6 nitrogen and oxygen atoms in total. The maximum absolute atomic E-state index is 12.8. The van der Waals surface area contributed by atoms with E-state index in [0.29, 0.717) is 36.6 Å². The van der Waals surface area contributed by atoms with E-state index < -0.39 is 17.7 Å². The lowest BCUT2D eigenvalue weighted by Crippen LogP contribution is -2.31. The molecule has 1 aliphatic rings. The first-order chi connectivity index (χ1) is 16.2. The summed E-state index contributed by atoms with van der Waals surface area (Å²) in [7, 11) is 0. The van der Waals surface area contributed by atoms with E-state index in [-0.39, 0.29) is 12.3 Å². The van der Waals surface area contributed by atoms with Crippen LogP contribution >= 0.6 is 0 Å². The molecule has 0 aliphatic carbocycles. The van der Waals surface area contributed by atoms with E-state index in [1.807, 2.05) is 18.2 Å². The highest BCUT2D eigenvalue weighted by molar-refractivity contribution is 5.68. The van der Waals surface area contributed by atoms with Gasteiger partial charge in [-0.25, -0.2) is 4.98 Å². The highest BCUT2D eigenvalue weighted by atomic mass is 19.4. The molecule has 9 heteroatoms. The summed E-state index contributed by atoms with van der Waals surface area (Å²) in [6.45, 7) is 3.39. The number of ether oxygens (including phenoxy) is 1. The zero-order chi connectivity index (χ0) is 24.3. The Morgan fingerprint density at radius 3 is 2.68 bits per heavy atom. The number of aryl methyl sites for hydroxylation is 1. The van der Waals surface area contributed by atoms with Crippen LogP contribution < -0.4 is 9.64 Å². The average Bonchev–Trinajstić information content (AvgIpc) is 3.17. The van der Waals surface area contributed by atoms with E-state index >= 15 is 0 Å². The first-order valence-corrected chi connectivity index (χ1v) is 11.1. The van der Waals surface area contributed by atoms with Gasteiger partial charge in [0.15, 0.2) is 0 Å². The van der Waals surface area contributed by atoms with Crippen molar-refractivity contribution >= 4 is 11.7 Å². The molecule has 1 aliphatic heterocycles. The Bertz CT molecular complexity index is 1160. The van der Waals surface area contributed by atoms with Gasteiger partial charge in [0.05, 0.1) is 24.3 Å². The van der Waals surface area contributed by atoms with Gasteiger partial charge in [0.25, 0.3) is 0 Å². The van der Waals surface area contributed by atoms with Crippen LogP contribution in [0, 0.1) is 6.92 Å². The number of hydrogen-bond acceptors (Lipinski definition) is 5.